The Kier molecular flexibility index (Phi) is 3.48. The van der Waals surface area contributed by atoms with Crippen molar-refractivity contribution in [3.05, 3.63) is 12.7 Å². The lowest BCUT2D eigenvalue weighted by Crippen LogP contribution is -2.17. The zero-order chi connectivity index (χ0) is 6.62. The number of hydrogen-bond donors (Lipinski definition) is 0. The summed E-state index contributed by atoms with van der Waals surface area (Å²) >= 11 is 2.02. The van der Waals surface area contributed by atoms with Gasteiger partial charge in [-0.05, 0) is 12.3 Å². The largest absolute Gasteiger partial charge is 0.189 e. The third-order valence-electron chi connectivity index (χ3n) is 1.19. The average Bonchev–Trinajstić information content (AvgIpc) is 1.67. The van der Waals surface area contributed by atoms with E-state index in [1.807, 2.05) is 17.3 Å². The Morgan fingerprint density at radius 3 is 2.25 bits per heavy atom. The molecule has 8 heavy (non-hydrogen) atoms. The van der Waals surface area contributed by atoms with Crippen LogP contribution in [0.5, 0.6) is 0 Å². The molecule has 0 aliphatic rings. The van der Waals surface area contributed by atoms with Gasteiger partial charge in [-0.15, -0.1) is 6.58 Å². The van der Waals surface area contributed by atoms with Gasteiger partial charge in [-0.25, -0.2) is 0 Å². The van der Waals surface area contributed by atoms with Crippen LogP contribution in [-0.4, -0.2) is 13.5 Å². The quantitative estimate of drug-likeness (QED) is 0.436. The zero-order valence-corrected chi connectivity index (χ0v) is 7.72. The van der Waals surface area contributed by atoms with E-state index in [-0.39, 0.29) is 0 Å². The van der Waals surface area contributed by atoms with E-state index >= 15 is 0 Å². The fourth-order valence-corrected chi connectivity index (χ4v) is 2.15. The molecular weight excluding hydrogens is 132 g/mol. The minimum atomic E-state index is -0.879. The second-order valence-electron chi connectivity index (χ2n) is 2.46. The summed E-state index contributed by atoms with van der Waals surface area (Å²) in [6, 6.07) is 1.23. The maximum absolute atomic E-state index is 3.72. The third-order valence-corrected chi connectivity index (χ3v) is 7.38. The van der Waals surface area contributed by atoms with Crippen molar-refractivity contribution in [2.75, 3.05) is 6.26 Å². The van der Waals surface area contributed by atoms with Crippen LogP contribution in [0.4, 0.5) is 0 Å². The molecule has 0 aliphatic heterocycles. The Labute approximate surface area is 57.0 Å². The predicted molar refractivity (Wildman–Crippen MR) is 46.0 cm³/mol. The number of allylic oxidation sites excluding steroid dienone is 1. The van der Waals surface area contributed by atoms with Gasteiger partial charge in [0.15, 0.2) is 0 Å². The van der Waals surface area contributed by atoms with Crippen molar-refractivity contribution in [3.63, 3.8) is 0 Å². The van der Waals surface area contributed by atoms with Crippen LogP contribution in [0.15, 0.2) is 12.7 Å². The molecule has 0 bridgehead atoms. The molecule has 0 fully saturated rings. The molecule has 2 heteroatoms. The lowest BCUT2D eigenvalue weighted by Gasteiger charge is -2.15. The highest BCUT2D eigenvalue weighted by Gasteiger charge is 2.15. The molecule has 0 saturated carbocycles. The van der Waals surface area contributed by atoms with Gasteiger partial charge < -0.3 is 0 Å². The van der Waals surface area contributed by atoms with Crippen LogP contribution >= 0.6 is 11.2 Å². The van der Waals surface area contributed by atoms with Gasteiger partial charge in [-0.1, -0.05) is 19.2 Å². The van der Waals surface area contributed by atoms with Crippen LogP contribution in [0.25, 0.3) is 0 Å². The van der Waals surface area contributed by atoms with E-state index in [1.54, 1.807) is 0 Å². The molecule has 0 aliphatic carbocycles. The van der Waals surface area contributed by atoms with Gasteiger partial charge in [0.05, 0.1) is 0 Å². The van der Waals surface area contributed by atoms with Crippen molar-refractivity contribution in [2.24, 2.45) is 0 Å². The summed E-state index contributed by atoms with van der Waals surface area (Å²) in [6.45, 7) is 8.44. The van der Waals surface area contributed by atoms with E-state index < -0.39 is 7.22 Å². The van der Waals surface area contributed by atoms with E-state index in [2.05, 4.69) is 25.9 Å². The second-order valence-corrected chi connectivity index (χ2v) is 11.3. The van der Waals surface area contributed by atoms with Crippen LogP contribution in [-0.2, 0) is 0 Å². The molecule has 0 heterocycles. The van der Waals surface area contributed by atoms with E-state index in [0.29, 0.717) is 0 Å². The van der Waals surface area contributed by atoms with E-state index in [9.17, 15) is 0 Å². The molecular formula is C6H14SSi. The van der Waals surface area contributed by atoms with Crippen molar-refractivity contribution in [1.29, 1.82) is 0 Å². The summed E-state index contributed by atoms with van der Waals surface area (Å²) in [6.07, 6.45) is 4.22. The average molecular weight is 146 g/mol. The van der Waals surface area contributed by atoms with Gasteiger partial charge in [0.2, 0.25) is 0 Å². The summed E-state index contributed by atoms with van der Waals surface area (Å²) < 4.78 is 0. The van der Waals surface area contributed by atoms with E-state index in [0.717, 1.165) is 0 Å². The van der Waals surface area contributed by atoms with Crippen molar-refractivity contribution in [1.82, 2.24) is 0 Å². The van der Waals surface area contributed by atoms with Crippen LogP contribution < -0.4 is 0 Å². The summed E-state index contributed by atoms with van der Waals surface area (Å²) in [4.78, 5) is 0. The minimum absolute atomic E-state index is 0.879. The summed E-state index contributed by atoms with van der Waals surface area (Å²) in [5, 5.41) is 0. The molecule has 0 rings (SSSR count). The molecule has 0 aromatic carbocycles. The fourth-order valence-electron chi connectivity index (χ4n) is 0.431. The standard InChI is InChI=1S/C6H14SSi/c1-5-6-8(3,4)7-2/h5H,1,6H2,2-4H3. The van der Waals surface area contributed by atoms with E-state index in [1.165, 1.54) is 6.04 Å². The van der Waals surface area contributed by atoms with Gasteiger partial charge in [-0.2, -0.15) is 11.2 Å². The molecule has 0 nitrogen and oxygen atoms in total. The van der Waals surface area contributed by atoms with Crippen molar-refractivity contribution in [3.8, 4) is 0 Å². The maximum atomic E-state index is 3.72. The molecule has 48 valence electrons. The Hall–Kier alpha value is 0.307. The van der Waals surface area contributed by atoms with Crippen LogP contribution in [0.3, 0.4) is 0 Å². The highest BCUT2D eigenvalue weighted by atomic mass is 32.4. The lowest BCUT2D eigenvalue weighted by molar-refractivity contribution is 1.61. The van der Waals surface area contributed by atoms with Gasteiger partial charge in [0.25, 0.3) is 0 Å². The first kappa shape index (κ1) is 8.31. The van der Waals surface area contributed by atoms with Gasteiger partial charge in [-0.3, -0.25) is 0 Å². The second kappa shape index (κ2) is 3.36. The molecule has 0 atom stereocenters. The highest BCUT2D eigenvalue weighted by molar-refractivity contribution is 8.28. The van der Waals surface area contributed by atoms with Crippen molar-refractivity contribution in [2.45, 2.75) is 19.1 Å². The van der Waals surface area contributed by atoms with Gasteiger partial charge >= 0.3 is 0 Å². The molecule has 0 radical (unpaired) electrons. The monoisotopic (exact) mass is 146 g/mol. The lowest BCUT2D eigenvalue weighted by atomic mass is 10.8. The first-order chi connectivity index (χ1) is 3.62. The molecule has 0 amide bonds. The summed E-state index contributed by atoms with van der Waals surface area (Å²) in [7, 11) is -0.879. The Morgan fingerprint density at radius 2 is 2.12 bits per heavy atom. The molecule has 0 unspecified atom stereocenters. The smallest absolute Gasteiger partial charge is 0.114 e. The van der Waals surface area contributed by atoms with Crippen molar-refractivity contribution >= 4 is 18.4 Å². The first-order valence-electron chi connectivity index (χ1n) is 2.78. The molecule has 0 spiro atoms. The topological polar surface area (TPSA) is 0 Å². The normalized spacial score (nSPS) is 11.4. The zero-order valence-electron chi connectivity index (χ0n) is 5.90. The Morgan fingerprint density at radius 1 is 1.62 bits per heavy atom. The SMILES string of the molecule is C=CC[Si](C)(C)SC. The number of rotatable bonds is 3. The molecule has 0 aromatic rings. The number of hydrogen-bond acceptors (Lipinski definition) is 1. The van der Waals surface area contributed by atoms with Crippen LogP contribution in [0.2, 0.25) is 19.1 Å². The van der Waals surface area contributed by atoms with Crippen LogP contribution in [0, 0.1) is 0 Å². The van der Waals surface area contributed by atoms with Gasteiger partial charge in [0.1, 0.15) is 7.22 Å². The Balaban J connectivity index is 3.53. The summed E-state index contributed by atoms with van der Waals surface area (Å²) in [5.41, 5.74) is 0. The summed E-state index contributed by atoms with van der Waals surface area (Å²) in [5.74, 6) is 0. The Bertz CT molecular complexity index is 78.6. The van der Waals surface area contributed by atoms with Crippen LogP contribution in [0.1, 0.15) is 0 Å². The molecule has 0 aromatic heterocycles. The maximum Gasteiger partial charge on any atom is 0.114 e. The van der Waals surface area contributed by atoms with E-state index in [4.69, 9.17) is 0 Å². The third kappa shape index (κ3) is 3.33. The van der Waals surface area contributed by atoms with Gasteiger partial charge in [0, 0.05) is 0 Å². The fraction of sp³-hybridized carbons (Fsp3) is 0.667. The molecule has 0 N–H and O–H groups in total. The predicted octanol–water partition coefficient (Wildman–Crippen LogP) is 2.74. The highest BCUT2D eigenvalue weighted by Crippen LogP contribution is 2.21. The molecule has 0 saturated heterocycles. The minimum Gasteiger partial charge on any atom is -0.189 e. The van der Waals surface area contributed by atoms with Crippen molar-refractivity contribution < 1.29 is 0 Å². The first-order valence-corrected chi connectivity index (χ1v) is 7.94.